The van der Waals surface area contributed by atoms with Crippen molar-refractivity contribution >= 4 is 0 Å². The topological polar surface area (TPSA) is 20.2 Å². The van der Waals surface area contributed by atoms with Gasteiger partial charge in [0.05, 0.1) is 12.0 Å². The third-order valence-electron chi connectivity index (χ3n) is 2.09. The Bertz CT molecular complexity index is 143. The fraction of sp³-hybridized carbons (Fsp3) is 1.00. The predicted octanol–water partition coefficient (Wildman–Crippen LogP) is 2.98. The van der Waals surface area contributed by atoms with Gasteiger partial charge in [0.2, 0.25) is 0 Å². The van der Waals surface area contributed by atoms with Crippen molar-refractivity contribution in [2.45, 2.75) is 46.4 Å². The quantitative estimate of drug-likeness (QED) is 0.723. The van der Waals surface area contributed by atoms with Gasteiger partial charge >= 0.3 is 6.18 Å². The summed E-state index contributed by atoms with van der Waals surface area (Å²) < 4.78 is 37.5. The van der Waals surface area contributed by atoms with Crippen LogP contribution in [0.4, 0.5) is 13.2 Å². The maximum Gasteiger partial charge on any atom is 0.394 e. The van der Waals surface area contributed by atoms with E-state index in [-0.39, 0.29) is 6.42 Å². The molecule has 2 atom stereocenters. The minimum absolute atomic E-state index is 0.126. The Morgan fingerprint density at radius 2 is 1.54 bits per heavy atom. The fourth-order valence-corrected chi connectivity index (χ4v) is 1.52. The van der Waals surface area contributed by atoms with Gasteiger partial charge in [-0.2, -0.15) is 13.2 Å². The number of hydrogen-bond acceptors (Lipinski definition) is 1. The van der Waals surface area contributed by atoms with Crippen LogP contribution in [0.25, 0.3) is 0 Å². The first-order valence-corrected chi connectivity index (χ1v) is 4.35. The SMILES string of the molecule is CCC(O)[C@H](C(C)(C)C)C(F)(F)F. The minimum Gasteiger partial charge on any atom is -0.392 e. The summed E-state index contributed by atoms with van der Waals surface area (Å²) in [6.07, 6.45) is -5.50. The van der Waals surface area contributed by atoms with Crippen LogP contribution in [-0.4, -0.2) is 17.4 Å². The summed E-state index contributed by atoms with van der Waals surface area (Å²) in [4.78, 5) is 0. The van der Waals surface area contributed by atoms with E-state index in [1.807, 2.05) is 0 Å². The minimum atomic E-state index is -4.33. The van der Waals surface area contributed by atoms with Gasteiger partial charge in [-0.1, -0.05) is 27.7 Å². The summed E-state index contributed by atoms with van der Waals surface area (Å²) in [5.41, 5.74) is -0.951. The Morgan fingerprint density at radius 3 is 1.62 bits per heavy atom. The maximum absolute atomic E-state index is 12.5. The van der Waals surface area contributed by atoms with Crippen LogP contribution >= 0.6 is 0 Å². The summed E-state index contributed by atoms with van der Waals surface area (Å²) in [5, 5.41) is 9.27. The molecule has 0 spiro atoms. The summed E-state index contributed by atoms with van der Waals surface area (Å²) in [5.74, 6) is -1.65. The van der Waals surface area contributed by atoms with Crippen LogP contribution in [-0.2, 0) is 0 Å². The molecule has 0 amide bonds. The second-order valence-electron chi connectivity index (χ2n) is 4.36. The summed E-state index contributed by atoms with van der Waals surface area (Å²) in [7, 11) is 0. The van der Waals surface area contributed by atoms with Gasteiger partial charge in [0.15, 0.2) is 0 Å². The van der Waals surface area contributed by atoms with Crippen molar-refractivity contribution in [1.82, 2.24) is 0 Å². The van der Waals surface area contributed by atoms with Crippen LogP contribution < -0.4 is 0 Å². The van der Waals surface area contributed by atoms with E-state index in [2.05, 4.69) is 0 Å². The van der Waals surface area contributed by atoms with Crippen molar-refractivity contribution in [1.29, 1.82) is 0 Å². The molecule has 1 unspecified atom stereocenters. The van der Waals surface area contributed by atoms with E-state index in [0.29, 0.717) is 0 Å². The van der Waals surface area contributed by atoms with Crippen molar-refractivity contribution in [3.63, 3.8) is 0 Å². The summed E-state index contributed by atoms with van der Waals surface area (Å²) in [6.45, 7) is 6.02. The second-order valence-corrected chi connectivity index (χ2v) is 4.36. The van der Waals surface area contributed by atoms with Crippen molar-refractivity contribution in [3.8, 4) is 0 Å². The van der Waals surface area contributed by atoms with E-state index in [1.165, 1.54) is 20.8 Å². The zero-order valence-corrected chi connectivity index (χ0v) is 8.44. The monoisotopic (exact) mass is 198 g/mol. The summed E-state index contributed by atoms with van der Waals surface area (Å²) in [6, 6.07) is 0. The Balaban J connectivity index is 4.78. The van der Waals surface area contributed by atoms with Gasteiger partial charge in [0, 0.05) is 0 Å². The fourth-order valence-electron chi connectivity index (χ4n) is 1.52. The van der Waals surface area contributed by atoms with Gasteiger partial charge in [-0.3, -0.25) is 0 Å². The molecule has 0 saturated heterocycles. The second kappa shape index (κ2) is 3.86. The van der Waals surface area contributed by atoms with Crippen LogP contribution in [0, 0.1) is 11.3 Å². The van der Waals surface area contributed by atoms with Crippen LogP contribution in [0.1, 0.15) is 34.1 Å². The van der Waals surface area contributed by atoms with Crippen molar-refractivity contribution in [2.24, 2.45) is 11.3 Å². The molecule has 0 aliphatic heterocycles. The molecule has 0 fully saturated rings. The number of alkyl halides is 3. The largest absolute Gasteiger partial charge is 0.394 e. The Labute approximate surface area is 76.9 Å². The molecule has 1 nitrogen and oxygen atoms in total. The van der Waals surface area contributed by atoms with Crippen molar-refractivity contribution in [2.75, 3.05) is 0 Å². The number of aliphatic hydroxyl groups excluding tert-OH is 1. The predicted molar refractivity (Wildman–Crippen MR) is 45.3 cm³/mol. The van der Waals surface area contributed by atoms with E-state index in [1.54, 1.807) is 6.92 Å². The van der Waals surface area contributed by atoms with E-state index in [9.17, 15) is 18.3 Å². The molecule has 0 bridgehead atoms. The van der Waals surface area contributed by atoms with E-state index < -0.39 is 23.6 Å². The standard InChI is InChI=1S/C9H17F3O/c1-5-6(13)7(8(2,3)4)9(10,11)12/h6-7,13H,5H2,1-4H3/t6?,7-/m1/s1. The lowest BCUT2D eigenvalue weighted by molar-refractivity contribution is -0.227. The molecule has 0 aromatic rings. The Morgan fingerprint density at radius 1 is 1.15 bits per heavy atom. The van der Waals surface area contributed by atoms with Crippen LogP contribution in [0.3, 0.4) is 0 Å². The van der Waals surface area contributed by atoms with E-state index >= 15 is 0 Å². The first-order chi connectivity index (χ1) is 5.60. The highest BCUT2D eigenvalue weighted by atomic mass is 19.4. The third kappa shape index (κ3) is 3.55. The molecular weight excluding hydrogens is 181 g/mol. The molecule has 80 valence electrons. The zero-order chi connectivity index (χ0) is 10.9. The Hall–Kier alpha value is -0.250. The third-order valence-corrected chi connectivity index (χ3v) is 2.09. The highest BCUT2D eigenvalue weighted by Gasteiger charge is 2.50. The first-order valence-electron chi connectivity index (χ1n) is 4.35. The molecule has 13 heavy (non-hydrogen) atoms. The number of hydrogen-bond donors (Lipinski definition) is 1. The van der Waals surface area contributed by atoms with Gasteiger partial charge in [-0.05, 0) is 11.8 Å². The van der Waals surface area contributed by atoms with Crippen LogP contribution in [0.5, 0.6) is 0 Å². The molecule has 0 radical (unpaired) electrons. The smallest absolute Gasteiger partial charge is 0.392 e. The Kier molecular flexibility index (Phi) is 3.79. The molecule has 4 heteroatoms. The van der Waals surface area contributed by atoms with Crippen LogP contribution in [0.15, 0.2) is 0 Å². The first kappa shape index (κ1) is 12.8. The average Bonchev–Trinajstić information content (AvgIpc) is 1.80. The highest BCUT2D eigenvalue weighted by Crippen LogP contribution is 2.42. The normalized spacial score (nSPS) is 18.5. The molecule has 0 aliphatic carbocycles. The molecule has 0 rings (SSSR count). The zero-order valence-electron chi connectivity index (χ0n) is 8.44. The van der Waals surface area contributed by atoms with E-state index in [4.69, 9.17) is 0 Å². The maximum atomic E-state index is 12.5. The lowest BCUT2D eigenvalue weighted by atomic mass is 9.76. The molecule has 0 aromatic carbocycles. The van der Waals surface area contributed by atoms with Gasteiger partial charge in [-0.15, -0.1) is 0 Å². The lowest BCUT2D eigenvalue weighted by Crippen LogP contribution is -2.42. The van der Waals surface area contributed by atoms with Gasteiger partial charge in [0.25, 0.3) is 0 Å². The van der Waals surface area contributed by atoms with E-state index in [0.717, 1.165) is 0 Å². The van der Waals surface area contributed by atoms with Crippen molar-refractivity contribution < 1.29 is 18.3 Å². The molecule has 0 aromatic heterocycles. The molecule has 0 heterocycles. The molecule has 0 aliphatic rings. The lowest BCUT2D eigenvalue weighted by Gasteiger charge is -2.35. The number of halogens is 3. The average molecular weight is 198 g/mol. The molecule has 1 N–H and O–H groups in total. The van der Waals surface area contributed by atoms with Crippen molar-refractivity contribution in [3.05, 3.63) is 0 Å². The summed E-state index contributed by atoms with van der Waals surface area (Å²) >= 11 is 0. The van der Waals surface area contributed by atoms with Gasteiger partial charge in [0.1, 0.15) is 0 Å². The van der Waals surface area contributed by atoms with Gasteiger partial charge in [-0.25, -0.2) is 0 Å². The van der Waals surface area contributed by atoms with Gasteiger partial charge < -0.3 is 5.11 Å². The highest BCUT2D eigenvalue weighted by molar-refractivity contribution is 4.85. The molecule has 0 saturated carbocycles. The van der Waals surface area contributed by atoms with Crippen LogP contribution in [0.2, 0.25) is 0 Å². The number of rotatable bonds is 2. The molecular formula is C9H17F3O. The number of aliphatic hydroxyl groups is 1.